The van der Waals surface area contributed by atoms with Crippen LogP contribution in [0.15, 0.2) is 24.3 Å². The van der Waals surface area contributed by atoms with E-state index in [-0.39, 0.29) is 17.3 Å². The van der Waals surface area contributed by atoms with Gasteiger partial charge >= 0.3 is 5.97 Å². The van der Waals surface area contributed by atoms with Gasteiger partial charge in [0.05, 0.1) is 13.2 Å². The third-order valence-corrected chi connectivity index (χ3v) is 3.29. The third-order valence-electron chi connectivity index (χ3n) is 2.91. The van der Waals surface area contributed by atoms with Crippen molar-refractivity contribution in [2.45, 2.75) is 20.1 Å². The fourth-order valence-corrected chi connectivity index (χ4v) is 2.20. The number of hydrogen-bond acceptors (Lipinski definition) is 3. The molecule has 1 heterocycles. The van der Waals surface area contributed by atoms with Crippen molar-refractivity contribution in [2.24, 2.45) is 0 Å². The Morgan fingerprint density at radius 2 is 2.05 bits per heavy atom. The minimum atomic E-state index is -1.10. The Morgan fingerprint density at radius 3 is 2.60 bits per heavy atom. The van der Waals surface area contributed by atoms with Crippen LogP contribution >= 0.6 is 11.6 Å². The average molecular weight is 295 g/mol. The lowest BCUT2D eigenvalue weighted by Gasteiger charge is -2.04. The molecule has 106 valence electrons. The molecule has 0 unspecified atom stereocenters. The van der Waals surface area contributed by atoms with E-state index < -0.39 is 5.97 Å². The number of rotatable bonds is 5. The number of carboxylic acids is 1. The van der Waals surface area contributed by atoms with Crippen molar-refractivity contribution in [3.63, 3.8) is 0 Å². The van der Waals surface area contributed by atoms with E-state index in [1.54, 1.807) is 0 Å². The highest BCUT2D eigenvalue weighted by Crippen LogP contribution is 2.22. The molecule has 0 aliphatic carbocycles. The molecule has 2 aromatic rings. The number of methoxy groups -OCH3 is 1. The van der Waals surface area contributed by atoms with Crippen molar-refractivity contribution in [3.05, 3.63) is 51.8 Å². The summed E-state index contributed by atoms with van der Waals surface area (Å²) in [5.74, 6) is -1.10. The summed E-state index contributed by atoms with van der Waals surface area (Å²) >= 11 is 6.11. The minimum Gasteiger partial charge on any atom is -0.478 e. The second kappa shape index (κ2) is 6.07. The maximum atomic E-state index is 11.2. The molecule has 1 N–H and O–H groups in total. The molecule has 0 saturated heterocycles. The predicted octanol–water partition coefficient (Wildman–Crippen LogP) is 2.74. The van der Waals surface area contributed by atoms with Gasteiger partial charge in [-0.15, -0.1) is 0 Å². The predicted molar refractivity (Wildman–Crippen MR) is 75.2 cm³/mol. The molecule has 0 saturated carbocycles. The van der Waals surface area contributed by atoms with Crippen molar-refractivity contribution >= 4 is 17.6 Å². The molecule has 0 aliphatic heterocycles. The topological polar surface area (TPSA) is 64.4 Å². The molecule has 2 rings (SSSR count). The lowest BCUT2D eigenvalue weighted by molar-refractivity contribution is 0.0692. The van der Waals surface area contributed by atoms with E-state index in [4.69, 9.17) is 16.3 Å². The van der Waals surface area contributed by atoms with Crippen LogP contribution in [0.5, 0.6) is 0 Å². The summed E-state index contributed by atoms with van der Waals surface area (Å²) in [4.78, 5) is 11.2. The van der Waals surface area contributed by atoms with Gasteiger partial charge in [-0.1, -0.05) is 41.4 Å². The van der Waals surface area contributed by atoms with Gasteiger partial charge in [0, 0.05) is 7.11 Å². The average Bonchev–Trinajstić information content (AvgIpc) is 2.69. The smallest absolute Gasteiger partial charge is 0.340 e. The number of ether oxygens (including phenoxy) is 1. The third kappa shape index (κ3) is 3.00. The summed E-state index contributed by atoms with van der Waals surface area (Å²) in [6, 6.07) is 7.90. The van der Waals surface area contributed by atoms with Gasteiger partial charge in [0.25, 0.3) is 0 Å². The van der Waals surface area contributed by atoms with Crippen molar-refractivity contribution in [1.82, 2.24) is 9.78 Å². The Kier molecular flexibility index (Phi) is 4.42. The first-order chi connectivity index (χ1) is 9.52. The molecule has 5 nitrogen and oxygen atoms in total. The van der Waals surface area contributed by atoms with Crippen LogP contribution in [0, 0.1) is 6.92 Å². The fraction of sp³-hybridized carbons (Fsp3) is 0.286. The van der Waals surface area contributed by atoms with Gasteiger partial charge in [-0.3, -0.25) is 0 Å². The first-order valence-corrected chi connectivity index (χ1v) is 6.43. The quantitative estimate of drug-likeness (QED) is 0.921. The summed E-state index contributed by atoms with van der Waals surface area (Å²) in [6.07, 6.45) is 0. The Labute approximate surface area is 121 Å². The van der Waals surface area contributed by atoms with E-state index in [1.165, 1.54) is 11.8 Å². The summed E-state index contributed by atoms with van der Waals surface area (Å²) in [5.41, 5.74) is 2.49. The van der Waals surface area contributed by atoms with Gasteiger partial charge in [-0.2, -0.15) is 5.10 Å². The lowest BCUT2D eigenvalue weighted by atomic mass is 10.1. The van der Waals surface area contributed by atoms with E-state index in [2.05, 4.69) is 5.10 Å². The second-order valence-electron chi connectivity index (χ2n) is 4.49. The molecule has 0 spiro atoms. The van der Waals surface area contributed by atoms with Crippen LogP contribution in [0.2, 0.25) is 5.15 Å². The summed E-state index contributed by atoms with van der Waals surface area (Å²) < 4.78 is 6.43. The molecule has 0 atom stereocenters. The van der Waals surface area contributed by atoms with Crippen LogP contribution in [0.4, 0.5) is 0 Å². The van der Waals surface area contributed by atoms with E-state index >= 15 is 0 Å². The molecule has 0 bridgehead atoms. The van der Waals surface area contributed by atoms with Crippen LogP contribution in [0.25, 0.3) is 0 Å². The highest BCUT2D eigenvalue weighted by Gasteiger charge is 2.22. The van der Waals surface area contributed by atoms with Crippen LogP contribution in [-0.4, -0.2) is 28.0 Å². The van der Waals surface area contributed by atoms with Gasteiger partial charge in [0.15, 0.2) is 0 Å². The number of halogens is 1. The summed E-state index contributed by atoms with van der Waals surface area (Å²) in [6.45, 7) is 2.54. The molecule has 1 aromatic heterocycles. The molecule has 0 amide bonds. The van der Waals surface area contributed by atoms with Crippen molar-refractivity contribution in [3.8, 4) is 0 Å². The first kappa shape index (κ1) is 14.6. The zero-order valence-electron chi connectivity index (χ0n) is 11.3. The molecule has 0 fully saturated rings. The van der Waals surface area contributed by atoms with Crippen LogP contribution in [0.1, 0.15) is 27.2 Å². The Morgan fingerprint density at radius 1 is 1.40 bits per heavy atom. The monoisotopic (exact) mass is 294 g/mol. The largest absolute Gasteiger partial charge is 0.478 e. The van der Waals surface area contributed by atoms with Crippen LogP contribution < -0.4 is 0 Å². The number of carbonyl (C=O) groups is 1. The van der Waals surface area contributed by atoms with Crippen LogP contribution in [0.3, 0.4) is 0 Å². The second-order valence-corrected chi connectivity index (χ2v) is 4.85. The highest BCUT2D eigenvalue weighted by atomic mass is 35.5. The van der Waals surface area contributed by atoms with Crippen molar-refractivity contribution in [2.75, 3.05) is 7.11 Å². The number of aromatic carboxylic acids is 1. The lowest BCUT2D eigenvalue weighted by Crippen LogP contribution is -2.03. The minimum absolute atomic E-state index is 0.000582. The molecule has 20 heavy (non-hydrogen) atoms. The number of hydrogen-bond donors (Lipinski definition) is 1. The van der Waals surface area contributed by atoms with Gasteiger partial charge < -0.3 is 9.84 Å². The zero-order chi connectivity index (χ0) is 14.7. The van der Waals surface area contributed by atoms with Gasteiger partial charge in [0.2, 0.25) is 0 Å². The van der Waals surface area contributed by atoms with E-state index in [0.717, 1.165) is 11.1 Å². The standard InChI is InChI=1S/C14H15ClN2O3/c1-9-3-5-10(6-4-9)7-17-13(15)12(14(18)19)11(16-17)8-20-2/h3-6H,7-8H2,1-2H3,(H,18,19). The van der Waals surface area contributed by atoms with Crippen molar-refractivity contribution in [1.29, 1.82) is 0 Å². The molecule has 6 heteroatoms. The van der Waals surface area contributed by atoms with Gasteiger partial charge in [0.1, 0.15) is 16.4 Å². The summed E-state index contributed by atoms with van der Waals surface area (Å²) in [5, 5.41) is 13.5. The fourth-order valence-electron chi connectivity index (χ4n) is 1.91. The molecular weight excluding hydrogens is 280 g/mol. The molecule has 0 aliphatic rings. The van der Waals surface area contributed by atoms with E-state index in [0.29, 0.717) is 12.2 Å². The molecule has 1 aromatic carbocycles. The van der Waals surface area contributed by atoms with Gasteiger partial charge in [-0.25, -0.2) is 9.48 Å². The summed E-state index contributed by atoms with van der Waals surface area (Å²) in [7, 11) is 1.48. The number of nitrogens with zero attached hydrogens (tertiary/aromatic N) is 2. The maximum Gasteiger partial charge on any atom is 0.340 e. The number of aromatic nitrogens is 2. The zero-order valence-corrected chi connectivity index (χ0v) is 12.0. The van der Waals surface area contributed by atoms with E-state index in [1.807, 2.05) is 31.2 Å². The molecule has 0 radical (unpaired) electrons. The number of benzene rings is 1. The normalized spacial score (nSPS) is 10.8. The van der Waals surface area contributed by atoms with Crippen LogP contribution in [-0.2, 0) is 17.9 Å². The molecular formula is C14H15ClN2O3. The number of aryl methyl sites for hydroxylation is 1. The Hall–Kier alpha value is -1.85. The SMILES string of the molecule is COCc1nn(Cc2ccc(C)cc2)c(Cl)c1C(=O)O. The highest BCUT2D eigenvalue weighted by molar-refractivity contribution is 6.32. The number of carboxylic acid groups (broad SMARTS) is 1. The van der Waals surface area contributed by atoms with Crippen molar-refractivity contribution < 1.29 is 14.6 Å². The van der Waals surface area contributed by atoms with Gasteiger partial charge in [-0.05, 0) is 12.5 Å². The Bertz CT molecular complexity index is 620. The maximum absolute atomic E-state index is 11.2. The first-order valence-electron chi connectivity index (χ1n) is 6.06. The Balaban J connectivity index is 2.34. The van der Waals surface area contributed by atoms with E-state index in [9.17, 15) is 9.90 Å².